The normalized spacial score (nSPS) is 11.2. The van der Waals surface area contributed by atoms with E-state index in [4.69, 9.17) is 4.74 Å². The van der Waals surface area contributed by atoms with Gasteiger partial charge in [-0.3, -0.25) is 4.79 Å². The highest BCUT2D eigenvalue weighted by molar-refractivity contribution is 5.95. The van der Waals surface area contributed by atoms with Crippen molar-refractivity contribution in [3.63, 3.8) is 0 Å². The maximum absolute atomic E-state index is 13.5. The van der Waals surface area contributed by atoms with Crippen LogP contribution in [0, 0.1) is 5.21 Å². The standard InChI is InChI=1S/C21H17F3N2O3/c1-29-17-8-9-18(19(12-17)21(22,23)24)14-5-4-6-15(11-14)20(27)25-13-16-7-2-3-10-26(16)28/h2-12H,13H2,1H3,(H,25,27). The lowest BCUT2D eigenvalue weighted by molar-refractivity contribution is -0.614. The number of ether oxygens (including phenoxy) is 1. The SMILES string of the molecule is COc1ccc(-c2cccc(C(=O)NCc3cccc[n+]3[O-])c2)c(C(F)(F)F)c1. The van der Waals surface area contributed by atoms with Crippen LogP contribution in [0.5, 0.6) is 5.75 Å². The molecule has 1 amide bonds. The zero-order chi connectivity index (χ0) is 21.0. The van der Waals surface area contributed by atoms with Gasteiger partial charge < -0.3 is 15.3 Å². The summed E-state index contributed by atoms with van der Waals surface area (Å²) in [7, 11) is 1.29. The fourth-order valence-electron chi connectivity index (χ4n) is 2.84. The Labute approximate surface area is 165 Å². The van der Waals surface area contributed by atoms with Crippen molar-refractivity contribution in [2.75, 3.05) is 7.11 Å². The number of rotatable bonds is 5. The summed E-state index contributed by atoms with van der Waals surface area (Å²) in [5, 5.41) is 14.2. The first-order valence-electron chi connectivity index (χ1n) is 8.60. The highest BCUT2D eigenvalue weighted by Crippen LogP contribution is 2.39. The Balaban J connectivity index is 1.88. The monoisotopic (exact) mass is 402 g/mol. The number of carbonyl (C=O) groups excluding carboxylic acids is 1. The molecule has 0 spiro atoms. The van der Waals surface area contributed by atoms with E-state index in [-0.39, 0.29) is 29.0 Å². The lowest BCUT2D eigenvalue weighted by Gasteiger charge is -2.15. The molecule has 3 rings (SSSR count). The zero-order valence-corrected chi connectivity index (χ0v) is 15.4. The van der Waals surface area contributed by atoms with E-state index in [1.54, 1.807) is 18.2 Å². The molecule has 0 unspecified atom stereocenters. The molecule has 0 aliphatic heterocycles. The first-order valence-corrected chi connectivity index (χ1v) is 8.60. The fraction of sp³-hybridized carbons (Fsp3) is 0.143. The van der Waals surface area contributed by atoms with E-state index in [1.807, 2.05) is 0 Å². The Bertz CT molecular complexity index is 1040. The number of nitrogens with one attached hydrogen (secondary N) is 1. The van der Waals surface area contributed by atoms with Crippen molar-refractivity contribution in [1.82, 2.24) is 5.32 Å². The third kappa shape index (κ3) is 4.66. The lowest BCUT2D eigenvalue weighted by Crippen LogP contribution is -2.35. The van der Waals surface area contributed by atoms with Gasteiger partial charge in [0.2, 0.25) is 5.69 Å². The van der Waals surface area contributed by atoms with Crippen LogP contribution in [0.2, 0.25) is 0 Å². The van der Waals surface area contributed by atoms with Gasteiger partial charge in [0.05, 0.1) is 12.7 Å². The highest BCUT2D eigenvalue weighted by atomic mass is 19.4. The number of pyridine rings is 1. The molecule has 0 atom stereocenters. The van der Waals surface area contributed by atoms with Crippen molar-refractivity contribution in [1.29, 1.82) is 0 Å². The second kappa shape index (κ2) is 8.22. The van der Waals surface area contributed by atoms with Crippen LogP contribution in [0.3, 0.4) is 0 Å². The number of amides is 1. The van der Waals surface area contributed by atoms with Crippen LogP contribution in [0.25, 0.3) is 11.1 Å². The molecule has 0 saturated carbocycles. The highest BCUT2D eigenvalue weighted by Gasteiger charge is 2.34. The van der Waals surface area contributed by atoms with Gasteiger partial charge in [0, 0.05) is 17.7 Å². The minimum Gasteiger partial charge on any atom is -0.618 e. The number of hydrogen-bond donors (Lipinski definition) is 1. The summed E-state index contributed by atoms with van der Waals surface area (Å²) in [6.45, 7) is -0.0102. The van der Waals surface area contributed by atoms with Gasteiger partial charge in [0.25, 0.3) is 5.91 Å². The fourth-order valence-corrected chi connectivity index (χ4v) is 2.84. The first-order chi connectivity index (χ1) is 13.8. The third-order valence-electron chi connectivity index (χ3n) is 4.30. The van der Waals surface area contributed by atoms with E-state index in [2.05, 4.69) is 5.32 Å². The molecule has 0 bridgehead atoms. The van der Waals surface area contributed by atoms with E-state index < -0.39 is 17.6 Å². The van der Waals surface area contributed by atoms with Crippen LogP contribution in [0.4, 0.5) is 13.2 Å². The van der Waals surface area contributed by atoms with Crippen molar-refractivity contribution in [2.45, 2.75) is 12.7 Å². The average molecular weight is 402 g/mol. The Morgan fingerprint density at radius 2 is 1.90 bits per heavy atom. The number of alkyl halides is 3. The molecule has 150 valence electrons. The molecule has 0 aliphatic rings. The van der Waals surface area contributed by atoms with Gasteiger partial charge in [-0.1, -0.05) is 18.2 Å². The third-order valence-corrected chi connectivity index (χ3v) is 4.30. The Kier molecular flexibility index (Phi) is 5.72. The zero-order valence-electron chi connectivity index (χ0n) is 15.4. The molecule has 5 nitrogen and oxygen atoms in total. The molecule has 29 heavy (non-hydrogen) atoms. The predicted octanol–water partition coefficient (Wildman–Crippen LogP) is 3.94. The minimum absolute atomic E-state index is 0.0102. The van der Waals surface area contributed by atoms with Crippen LogP contribution in [0.1, 0.15) is 21.6 Å². The second-order valence-corrected chi connectivity index (χ2v) is 6.19. The van der Waals surface area contributed by atoms with Crippen LogP contribution >= 0.6 is 0 Å². The number of nitrogens with zero attached hydrogens (tertiary/aromatic N) is 1. The molecule has 1 heterocycles. The number of carbonyl (C=O) groups is 1. The van der Waals surface area contributed by atoms with E-state index in [9.17, 15) is 23.2 Å². The molecule has 1 N–H and O–H groups in total. The van der Waals surface area contributed by atoms with E-state index >= 15 is 0 Å². The Morgan fingerprint density at radius 3 is 2.59 bits per heavy atom. The van der Waals surface area contributed by atoms with Crippen molar-refractivity contribution in [3.05, 3.63) is 88.9 Å². The van der Waals surface area contributed by atoms with Crippen LogP contribution in [-0.4, -0.2) is 13.0 Å². The van der Waals surface area contributed by atoms with Crippen molar-refractivity contribution in [2.24, 2.45) is 0 Å². The van der Waals surface area contributed by atoms with Gasteiger partial charge in [-0.05, 0) is 41.5 Å². The average Bonchev–Trinajstić information content (AvgIpc) is 2.72. The number of benzene rings is 2. The number of hydrogen-bond acceptors (Lipinski definition) is 3. The van der Waals surface area contributed by atoms with Gasteiger partial charge in [-0.2, -0.15) is 17.9 Å². The molecule has 2 aromatic carbocycles. The van der Waals surface area contributed by atoms with Crippen LogP contribution in [0.15, 0.2) is 66.9 Å². The maximum Gasteiger partial charge on any atom is 0.417 e. The lowest BCUT2D eigenvalue weighted by atomic mass is 9.97. The molecule has 0 saturated heterocycles. The van der Waals surface area contributed by atoms with Crippen molar-refractivity contribution < 1.29 is 27.4 Å². The van der Waals surface area contributed by atoms with E-state index in [1.165, 1.54) is 49.7 Å². The van der Waals surface area contributed by atoms with Gasteiger partial charge in [0.1, 0.15) is 12.3 Å². The largest absolute Gasteiger partial charge is 0.618 e. The topological polar surface area (TPSA) is 65.3 Å². The molecule has 3 aromatic rings. The summed E-state index contributed by atoms with van der Waals surface area (Å²) in [6.07, 6.45) is -3.28. The number of halogens is 3. The van der Waals surface area contributed by atoms with Gasteiger partial charge >= 0.3 is 6.18 Å². The summed E-state index contributed by atoms with van der Waals surface area (Å²) in [6, 6.07) is 14.3. The molecule has 1 aromatic heterocycles. The summed E-state index contributed by atoms with van der Waals surface area (Å²) in [5.41, 5.74) is -0.155. The minimum atomic E-state index is -4.59. The summed E-state index contributed by atoms with van der Waals surface area (Å²) in [5.74, 6) is -0.415. The van der Waals surface area contributed by atoms with E-state index in [0.717, 1.165) is 6.07 Å². The molecule has 0 fully saturated rings. The van der Waals surface area contributed by atoms with Crippen LogP contribution < -0.4 is 14.8 Å². The molecule has 8 heteroatoms. The smallest absolute Gasteiger partial charge is 0.417 e. The van der Waals surface area contributed by atoms with Gasteiger partial charge in [-0.15, -0.1) is 0 Å². The number of methoxy groups -OCH3 is 1. The van der Waals surface area contributed by atoms with E-state index in [0.29, 0.717) is 10.4 Å². The van der Waals surface area contributed by atoms with Crippen LogP contribution in [-0.2, 0) is 12.7 Å². The molecule has 0 radical (unpaired) electrons. The maximum atomic E-state index is 13.5. The first kappa shape index (κ1) is 20.2. The van der Waals surface area contributed by atoms with Gasteiger partial charge in [0.15, 0.2) is 6.20 Å². The predicted molar refractivity (Wildman–Crippen MR) is 100 cm³/mol. The summed E-state index contributed by atoms with van der Waals surface area (Å²) < 4.78 is 46.0. The number of aromatic nitrogens is 1. The van der Waals surface area contributed by atoms with Crippen molar-refractivity contribution in [3.8, 4) is 16.9 Å². The second-order valence-electron chi connectivity index (χ2n) is 6.19. The Morgan fingerprint density at radius 1 is 1.10 bits per heavy atom. The van der Waals surface area contributed by atoms with Gasteiger partial charge in [-0.25, -0.2) is 0 Å². The quantitative estimate of drug-likeness (QED) is 0.519. The molecular formula is C21H17F3N2O3. The molecular weight excluding hydrogens is 385 g/mol. The summed E-state index contributed by atoms with van der Waals surface area (Å²) in [4.78, 5) is 12.4. The summed E-state index contributed by atoms with van der Waals surface area (Å²) >= 11 is 0. The molecule has 0 aliphatic carbocycles. The Hall–Kier alpha value is -3.55. The van der Waals surface area contributed by atoms with Crippen molar-refractivity contribution >= 4 is 5.91 Å².